The van der Waals surface area contributed by atoms with Crippen LogP contribution in [0.1, 0.15) is 54.0 Å². The van der Waals surface area contributed by atoms with Crippen molar-refractivity contribution < 1.29 is 18.0 Å². The van der Waals surface area contributed by atoms with Gasteiger partial charge in [-0.3, -0.25) is 4.79 Å². The zero-order chi connectivity index (χ0) is 25.7. The molecule has 3 aromatic heterocycles. The number of hydrogen-bond acceptors (Lipinski definition) is 4. The molecule has 3 heterocycles. The Morgan fingerprint density at radius 2 is 1.92 bits per heavy atom. The van der Waals surface area contributed by atoms with Gasteiger partial charge in [0.2, 0.25) is 5.91 Å². The lowest BCUT2D eigenvalue weighted by molar-refractivity contribution is -0.144. The van der Waals surface area contributed by atoms with E-state index in [0.29, 0.717) is 23.0 Å². The Bertz CT molecular complexity index is 1480. The SMILES string of the molecule is O=C(Nc1cc(NC(c2cn3cc(C4CC4)ccc3n2)C(F)(F)F)ccn1)[C@H]1C[C@@H]1c1cccc(Cl)c1. The quantitative estimate of drug-likeness (QED) is 0.281. The van der Waals surface area contributed by atoms with E-state index < -0.39 is 12.2 Å². The van der Waals surface area contributed by atoms with Crippen molar-refractivity contribution >= 4 is 34.7 Å². The van der Waals surface area contributed by atoms with Crippen LogP contribution in [-0.2, 0) is 4.79 Å². The molecule has 6 rings (SSSR count). The normalized spacial score (nSPS) is 20.0. The topological polar surface area (TPSA) is 71.3 Å². The lowest BCUT2D eigenvalue weighted by Crippen LogP contribution is -2.28. The highest BCUT2D eigenvalue weighted by atomic mass is 35.5. The maximum Gasteiger partial charge on any atom is 0.414 e. The number of pyridine rings is 2. The second kappa shape index (κ2) is 9.06. The molecule has 1 unspecified atom stereocenters. The van der Waals surface area contributed by atoms with E-state index in [2.05, 4.69) is 20.6 Å². The number of imidazole rings is 1. The van der Waals surface area contributed by atoms with Gasteiger partial charge in [-0.1, -0.05) is 29.8 Å². The number of carbonyl (C=O) groups excluding carboxylic acids is 1. The number of anilines is 2. The van der Waals surface area contributed by atoms with Gasteiger partial charge in [-0.2, -0.15) is 13.2 Å². The minimum atomic E-state index is -4.60. The molecular formula is C27H23ClF3N5O. The predicted molar refractivity (Wildman–Crippen MR) is 135 cm³/mol. The van der Waals surface area contributed by atoms with Crippen LogP contribution < -0.4 is 10.6 Å². The van der Waals surface area contributed by atoms with Crippen molar-refractivity contribution in [3.8, 4) is 0 Å². The number of aromatic nitrogens is 3. The van der Waals surface area contributed by atoms with E-state index in [0.717, 1.165) is 24.0 Å². The monoisotopic (exact) mass is 525 g/mol. The van der Waals surface area contributed by atoms with Gasteiger partial charge < -0.3 is 15.0 Å². The Labute approximate surface area is 215 Å². The Balaban J connectivity index is 1.18. The van der Waals surface area contributed by atoms with E-state index in [1.54, 1.807) is 16.5 Å². The van der Waals surface area contributed by atoms with Crippen LogP contribution >= 0.6 is 11.6 Å². The van der Waals surface area contributed by atoms with Crippen molar-refractivity contribution in [3.05, 3.63) is 89.0 Å². The smallest absolute Gasteiger partial charge is 0.369 e. The Hall–Kier alpha value is -3.59. The summed E-state index contributed by atoms with van der Waals surface area (Å²) in [6.07, 6.45) is 2.91. The van der Waals surface area contributed by atoms with Gasteiger partial charge in [-0.15, -0.1) is 0 Å². The summed E-state index contributed by atoms with van der Waals surface area (Å²) >= 11 is 6.05. The third-order valence-electron chi connectivity index (χ3n) is 6.89. The van der Waals surface area contributed by atoms with E-state index in [9.17, 15) is 18.0 Å². The van der Waals surface area contributed by atoms with Crippen molar-refractivity contribution in [2.45, 2.75) is 43.3 Å². The van der Waals surface area contributed by atoms with Crippen molar-refractivity contribution in [3.63, 3.8) is 0 Å². The molecule has 37 heavy (non-hydrogen) atoms. The average molecular weight is 526 g/mol. The van der Waals surface area contributed by atoms with Crippen LogP contribution in [0.25, 0.3) is 5.65 Å². The number of rotatable bonds is 7. The lowest BCUT2D eigenvalue weighted by Gasteiger charge is -2.21. The maximum atomic E-state index is 14.1. The maximum absolute atomic E-state index is 14.1. The first kappa shape index (κ1) is 23.8. The van der Waals surface area contributed by atoms with Gasteiger partial charge in [-0.25, -0.2) is 9.97 Å². The fourth-order valence-corrected chi connectivity index (χ4v) is 4.91. The molecular weight excluding hydrogens is 503 g/mol. The zero-order valence-electron chi connectivity index (χ0n) is 19.5. The standard InChI is InChI=1S/C27H23ClF3N5O/c28-18-3-1-2-16(10-18)20-12-21(20)26(37)35-23-11-19(8-9-32-23)33-25(27(29,30)31)22-14-36-13-17(15-4-5-15)6-7-24(36)34-22/h1-3,6-11,13-15,20-21,25H,4-5,12H2,(H2,32,33,35,37)/t20-,21+,25?/m1/s1. The minimum Gasteiger partial charge on any atom is -0.369 e. The first-order valence-electron chi connectivity index (χ1n) is 12.1. The molecule has 6 nitrogen and oxygen atoms in total. The molecule has 2 saturated carbocycles. The average Bonchev–Trinajstić information content (AvgIpc) is 3.78. The molecule has 0 spiro atoms. The van der Waals surface area contributed by atoms with Crippen LogP contribution in [-0.4, -0.2) is 26.5 Å². The second-order valence-corrected chi connectivity index (χ2v) is 10.1. The minimum absolute atomic E-state index is 0.0603. The third kappa shape index (κ3) is 5.13. The Morgan fingerprint density at radius 1 is 1.08 bits per heavy atom. The molecule has 0 saturated heterocycles. The molecule has 0 bridgehead atoms. The molecule has 3 atom stereocenters. The molecule has 2 aliphatic rings. The van der Waals surface area contributed by atoms with Crippen LogP contribution in [0.2, 0.25) is 5.02 Å². The number of fused-ring (bicyclic) bond motifs is 1. The summed E-state index contributed by atoms with van der Waals surface area (Å²) in [5.74, 6) is 0.252. The van der Waals surface area contributed by atoms with Gasteiger partial charge in [0.25, 0.3) is 0 Å². The largest absolute Gasteiger partial charge is 0.414 e. The van der Waals surface area contributed by atoms with Crippen LogP contribution in [0.15, 0.2) is 67.1 Å². The highest BCUT2D eigenvalue weighted by Crippen LogP contribution is 2.48. The number of nitrogens with one attached hydrogen (secondary N) is 2. The van der Waals surface area contributed by atoms with Crippen LogP contribution in [0.5, 0.6) is 0 Å². The highest BCUT2D eigenvalue weighted by molar-refractivity contribution is 6.30. The Kier molecular flexibility index (Phi) is 5.82. The van der Waals surface area contributed by atoms with E-state index >= 15 is 0 Å². The summed E-state index contributed by atoms with van der Waals surface area (Å²) in [4.78, 5) is 21.1. The van der Waals surface area contributed by atoms with Crippen molar-refractivity contribution in [1.29, 1.82) is 0 Å². The van der Waals surface area contributed by atoms with Crippen LogP contribution in [0.4, 0.5) is 24.7 Å². The van der Waals surface area contributed by atoms with E-state index in [1.807, 2.05) is 30.5 Å². The summed E-state index contributed by atoms with van der Waals surface area (Å²) in [5, 5.41) is 5.88. The molecule has 190 valence electrons. The van der Waals surface area contributed by atoms with Crippen LogP contribution in [0, 0.1) is 5.92 Å². The summed E-state index contributed by atoms with van der Waals surface area (Å²) in [6, 6.07) is 11.9. The number of alkyl halides is 3. The van der Waals surface area contributed by atoms with Crippen LogP contribution in [0.3, 0.4) is 0 Å². The molecule has 0 radical (unpaired) electrons. The first-order chi connectivity index (χ1) is 17.7. The molecule has 1 amide bonds. The number of benzene rings is 1. The summed E-state index contributed by atoms with van der Waals surface area (Å²) in [7, 11) is 0. The van der Waals surface area contributed by atoms with Gasteiger partial charge in [0.1, 0.15) is 11.5 Å². The highest BCUT2D eigenvalue weighted by Gasteiger charge is 2.44. The third-order valence-corrected chi connectivity index (χ3v) is 7.13. The Morgan fingerprint density at radius 3 is 2.68 bits per heavy atom. The number of nitrogens with zero attached hydrogens (tertiary/aromatic N) is 3. The van der Waals surface area contributed by atoms with Gasteiger partial charge in [0.05, 0.1) is 5.69 Å². The molecule has 4 aromatic rings. The summed E-state index contributed by atoms with van der Waals surface area (Å²) in [5.41, 5.74) is 2.59. The molecule has 2 N–H and O–H groups in total. The molecule has 10 heteroatoms. The summed E-state index contributed by atoms with van der Waals surface area (Å²) in [6.45, 7) is 0. The number of amides is 1. The molecule has 0 aliphatic heterocycles. The molecule has 2 fully saturated rings. The number of hydrogen-bond donors (Lipinski definition) is 2. The van der Waals surface area contributed by atoms with Gasteiger partial charge >= 0.3 is 6.18 Å². The molecule has 1 aromatic carbocycles. The predicted octanol–water partition coefficient (Wildman–Crippen LogP) is 6.72. The fourth-order valence-electron chi connectivity index (χ4n) is 4.71. The fraction of sp³-hybridized carbons (Fsp3) is 0.296. The second-order valence-electron chi connectivity index (χ2n) is 9.71. The number of halogens is 4. The van der Waals surface area contributed by atoms with Gasteiger partial charge in [0, 0.05) is 41.3 Å². The lowest BCUT2D eigenvalue weighted by atomic mass is 10.1. The van der Waals surface area contributed by atoms with Gasteiger partial charge in [0.15, 0.2) is 6.04 Å². The molecule has 2 aliphatic carbocycles. The summed E-state index contributed by atoms with van der Waals surface area (Å²) < 4.78 is 43.9. The van der Waals surface area contributed by atoms with E-state index in [-0.39, 0.29) is 34.9 Å². The zero-order valence-corrected chi connectivity index (χ0v) is 20.3. The van der Waals surface area contributed by atoms with Crippen molar-refractivity contribution in [1.82, 2.24) is 14.4 Å². The van der Waals surface area contributed by atoms with E-state index in [4.69, 9.17) is 11.6 Å². The number of carbonyl (C=O) groups is 1. The first-order valence-corrected chi connectivity index (χ1v) is 12.5. The van der Waals surface area contributed by atoms with E-state index in [1.165, 1.54) is 24.5 Å². The van der Waals surface area contributed by atoms with Gasteiger partial charge in [-0.05, 0) is 66.5 Å². The van der Waals surface area contributed by atoms with Crippen molar-refractivity contribution in [2.75, 3.05) is 10.6 Å². The van der Waals surface area contributed by atoms with Crippen molar-refractivity contribution in [2.24, 2.45) is 5.92 Å².